The van der Waals surface area contributed by atoms with Crippen molar-refractivity contribution in [1.82, 2.24) is 4.72 Å². The molecule has 0 atom stereocenters. The SMILES string of the molecule is CCNS(=O)(=O)Nc1ccc(F)c(C(N)=S)c1. The van der Waals surface area contributed by atoms with Crippen molar-refractivity contribution in [3.63, 3.8) is 0 Å². The summed E-state index contributed by atoms with van der Waals surface area (Å²) in [5.41, 5.74) is 5.49. The van der Waals surface area contributed by atoms with Gasteiger partial charge in [0, 0.05) is 12.1 Å². The largest absolute Gasteiger partial charge is 0.389 e. The van der Waals surface area contributed by atoms with Crippen LogP contribution in [0.3, 0.4) is 0 Å². The highest BCUT2D eigenvalue weighted by molar-refractivity contribution is 7.90. The van der Waals surface area contributed by atoms with Gasteiger partial charge < -0.3 is 5.73 Å². The molecule has 1 aromatic carbocycles. The van der Waals surface area contributed by atoms with Gasteiger partial charge in [-0.05, 0) is 18.2 Å². The maximum atomic E-state index is 13.2. The number of nitrogens with two attached hydrogens (primary N) is 1. The summed E-state index contributed by atoms with van der Waals surface area (Å²) in [4.78, 5) is -0.132. The van der Waals surface area contributed by atoms with Crippen LogP contribution in [0.25, 0.3) is 0 Å². The van der Waals surface area contributed by atoms with Crippen LogP contribution in [-0.4, -0.2) is 20.0 Å². The monoisotopic (exact) mass is 277 g/mol. The number of halogens is 1. The summed E-state index contributed by atoms with van der Waals surface area (Å²) in [5, 5.41) is 0. The first-order valence-corrected chi connectivity index (χ1v) is 6.61. The minimum absolute atomic E-state index is 0.00306. The molecule has 0 fully saturated rings. The van der Waals surface area contributed by atoms with Crippen molar-refractivity contribution < 1.29 is 12.8 Å². The first-order valence-electron chi connectivity index (χ1n) is 4.72. The topological polar surface area (TPSA) is 84.2 Å². The third kappa shape index (κ3) is 3.91. The zero-order chi connectivity index (χ0) is 13.1. The second kappa shape index (κ2) is 5.39. The van der Waals surface area contributed by atoms with E-state index in [1.807, 2.05) is 0 Å². The Bertz CT molecular complexity index is 531. The van der Waals surface area contributed by atoms with Gasteiger partial charge in [0.2, 0.25) is 0 Å². The lowest BCUT2D eigenvalue weighted by Gasteiger charge is -2.09. The van der Waals surface area contributed by atoms with Crippen LogP contribution in [0, 0.1) is 5.82 Å². The van der Waals surface area contributed by atoms with E-state index < -0.39 is 16.0 Å². The molecule has 0 aliphatic rings. The number of thiocarbonyl (C=S) groups is 1. The Morgan fingerprint density at radius 3 is 2.71 bits per heavy atom. The van der Waals surface area contributed by atoms with E-state index in [-0.39, 0.29) is 22.8 Å². The van der Waals surface area contributed by atoms with Gasteiger partial charge in [-0.3, -0.25) is 4.72 Å². The van der Waals surface area contributed by atoms with Gasteiger partial charge in [-0.1, -0.05) is 19.1 Å². The molecule has 8 heteroatoms. The summed E-state index contributed by atoms with van der Waals surface area (Å²) >= 11 is 4.65. The third-order valence-corrected chi connectivity index (χ3v) is 3.21. The van der Waals surface area contributed by atoms with Crippen LogP contribution in [0.4, 0.5) is 10.1 Å². The molecule has 0 aromatic heterocycles. The van der Waals surface area contributed by atoms with Crippen molar-refractivity contribution >= 4 is 33.1 Å². The molecule has 0 aliphatic carbocycles. The Hall–Kier alpha value is -1.25. The van der Waals surface area contributed by atoms with E-state index in [1.165, 1.54) is 12.1 Å². The highest BCUT2D eigenvalue weighted by Crippen LogP contribution is 2.15. The normalized spacial score (nSPS) is 11.2. The molecule has 0 amide bonds. The number of hydrogen-bond donors (Lipinski definition) is 3. The Morgan fingerprint density at radius 1 is 1.53 bits per heavy atom. The van der Waals surface area contributed by atoms with E-state index in [9.17, 15) is 12.8 Å². The number of rotatable bonds is 5. The van der Waals surface area contributed by atoms with Gasteiger partial charge in [0.1, 0.15) is 10.8 Å². The van der Waals surface area contributed by atoms with Crippen molar-refractivity contribution in [3.05, 3.63) is 29.6 Å². The van der Waals surface area contributed by atoms with Gasteiger partial charge in [0.15, 0.2) is 0 Å². The number of benzene rings is 1. The van der Waals surface area contributed by atoms with Gasteiger partial charge in [-0.2, -0.15) is 13.1 Å². The van der Waals surface area contributed by atoms with Gasteiger partial charge in [0.25, 0.3) is 10.2 Å². The highest BCUT2D eigenvalue weighted by Gasteiger charge is 2.11. The smallest absolute Gasteiger partial charge is 0.299 e. The quantitative estimate of drug-likeness (QED) is 0.693. The summed E-state index contributed by atoms with van der Waals surface area (Å²) in [5.74, 6) is -0.594. The second-order valence-corrected chi connectivity index (χ2v) is 5.10. The lowest BCUT2D eigenvalue weighted by molar-refractivity contribution is 0.589. The van der Waals surface area contributed by atoms with Crippen LogP contribution in [0.5, 0.6) is 0 Å². The summed E-state index contributed by atoms with van der Waals surface area (Å²) in [7, 11) is -3.65. The van der Waals surface area contributed by atoms with Crippen molar-refractivity contribution in [2.45, 2.75) is 6.92 Å². The number of nitrogens with one attached hydrogen (secondary N) is 2. The molecule has 0 spiro atoms. The lowest BCUT2D eigenvalue weighted by atomic mass is 10.2. The molecule has 1 aromatic rings. The van der Waals surface area contributed by atoms with E-state index in [0.29, 0.717) is 0 Å². The molecule has 0 saturated carbocycles. The fourth-order valence-corrected chi connectivity index (χ4v) is 2.20. The van der Waals surface area contributed by atoms with Crippen LogP contribution in [0.15, 0.2) is 18.2 Å². The number of anilines is 1. The van der Waals surface area contributed by atoms with Crippen LogP contribution in [0.1, 0.15) is 12.5 Å². The van der Waals surface area contributed by atoms with E-state index >= 15 is 0 Å². The molecule has 5 nitrogen and oxygen atoms in total. The zero-order valence-electron chi connectivity index (χ0n) is 9.03. The molecule has 4 N–H and O–H groups in total. The standard InChI is InChI=1S/C9H12FN3O2S2/c1-2-12-17(14,15)13-6-3-4-8(10)7(5-6)9(11)16/h3-5,12-13H,2H2,1H3,(H2,11,16). The molecule has 1 rings (SSSR count). The zero-order valence-corrected chi connectivity index (χ0v) is 10.7. The van der Waals surface area contributed by atoms with Crippen LogP contribution >= 0.6 is 12.2 Å². The van der Waals surface area contributed by atoms with Crippen LogP contribution < -0.4 is 15.2 Å². The first kappa shape index (κ1) is 13.8. The third-order valence-electron chi connectivity index (χ3n) is 1.82. The molecular weight excluding hydrogens is 265 g/mol. The molecule has 0 radical (unpaired) electrons. The summed E-state index contributed by atoms with van der Waals surface area (Å²) in [6.07, 6.45) is 0. The van der Waals surface area contributed by atoms with Crippen LogP contribution in [-0.2, 0) is 10.2 Å². The predicted molar refractivity (Wildman–Crippen MR) is 68.5 cm³/mol. The van der Waals surface area contributed by atoms with Gasteiger partial charge in [-0.15, -0.1) is 0 Å². The van der Waals surface area contributed by atoms with Crippen LogP contribution in [0.2, 0.25) is 0 Å². The maximum absolute atomic E-state index is 13.2. The minimum atomic E-state index is -3.65. The van der Waals surface area contributed by atoms with Crippen molar-refractivity contribution in [3.8, 4) is 0 Å². The summed E-state index contributed by atoms with van der Waals surface area (Å²) in [6.45, 7) is 1.89. The molecule has 94 valence electrons. The van der Waals surface area contributed by atoms with Gasteiger partial charge >= 0.3 is 0 Å². The summed E-state index contributed by atoms with van der Waals surface area (Å²) in [6, 6.07) is 3.62. The average Bonchev–Trinajstić information content (AvgIpc) is 2.20. The Kier molecular flexibility index (Phi) is 4.38. The molecule has 0 saturated heterocycles. The second-order valence-electron chi connectivity index (χ2n) is 3.16. The van der Waals surface area contributed by atoms with Crippen molar-refractivity contribution in [2.75, 3.05) is 11.3 Å². The van der Waals surface area contributed by atoms with Gasteiger partial charge in [-0.25, -0.2) is 4.39 Å². The fraction of sp³-hybridized carbons (Fsp3) is 0.222. The Balaban J connectivity index is 3.02. The molecule has 0 unspecified atom stereocenters. The van der Waals surface area contributed by atoms with E-state index in [1.54, 1.807) is 6.92 Å². The molecule has 0 heterocycles. The lowest BCUT2D eigenvalue weighted by Crippen LogP contribution is -2.29. The van der Waals surface area contributed by atoms with E-state index in [0.717, 1.165) is 6.07 Å². The predicted octanol–water partition coefficient (Wildman–Crippen LogP) is 0.726. The molecule has 0 aliphatic heterocycles. The molecular formula is C9H12FN3O2S2. The molecule has 17 heavy (non-hydrogen) atoms. The van der Waals surface area contributed by atoms with Crippen molar-refractivity contribution in [2.24, 2.45) is 5.73 Å². The average molecular weight is 277 g/mol. The van der Waals surface area contributed by atoms with E-state index in [4.69, 9.17) is 5.73 Å². The molecule has 0 bridgehead atoms. The summed E-state index contributed by atoms with van der Waals surface area (Å²) < 4.78 is 40.5. The Labute approximate surface area is 104 Å². The van der Waals surface area contributed by atoms with Gasteiger partial charge in [0.05, 0.1) is 5.69 Å². The fourth-order valence-electron chi connectivity index (χ4n) is 1.16. The minimum Gasteiger partial charge on any atom is -0.389 e. The van der Waals surface area contributed by atoms with E-state index in [2.05, 4.69) is 21.7 Å². The highest BCUT2D eigenvalue weighted by atomic mass is 32.2. The van der Waals surface area contributed by atoms with Crippen molar-refractivity contribution in [1.29, 1.82) is 0 Å². The Morgan fingerprint density at radius 2 is 2.18 bits per heavy atom. The first-order chi connectivity index (χ1) is 7.85. The maximum Gasteiger partial charge on any atom is 0.299 e. The number of hydrogen-bond acceptors (Lipinski definition) is 3.